The summed E-state index contributed by atoms with van der Waals surface area (Å²) in [5.74, 6) is 1.05. The first-order valence-corrected chi connectivity index (χ1v) is 7.71. The van der Waals surface area contributed by atoms with Gasteiger partial charge < -0.3 is 14.8 Å². The molecule has 1 amide bonds. The van der Waals surface area contributed by atoms with Crippen molar-refractivity contribution in [3.05, 3.63) is 58.1 Å². The third-order valence-corrected chi connectivity index (χ3v) is 3.92. The number of halogens is 2. The van der Waals surface area contributed by atoms with Gasteiger partial charge in [0, 0.05) is 17.8 Å². The predicted octanol–water partition coefficient (Wildman–Crippen LogP) is 4.42. The van der Waals surface area contributed by atoms with E-state index in [1.165, 1.54) is 6.08 Å². The van der Waals surface area contributed by atoms with Crippen molar-refractivity contribution < 1.29 is 14.3 Å². The molecule has 1 aliphatic rings. The third-order valence-electron chi connectivity index (χ3n) is 3.18. The molecule has 2 aromatic rings. The molecule has 0 aliphatic carbocycles. The van der Waals surface area contributed by atoms with Crippen LogP contribution in [0.3, 0.4) is 0 Å². The summed E-state index contributed by atoms with van der Waals surface area (Å²) in [5, 5.41) is 3.69. The molecule has 0 radical (unpaired) electrons. The number of fused-ring (bicyclic) bond motifs is 1. The molecule has 23 heavy (non-hydrogen) atoms. The van der Waals surface area contributed by atoms with Gasteiger partial charge in [0.25, 0.3) is 0 Å². The van der Waals surface area contributed by atoms with Gasteiger partial charge in [-0.15, -0.1) is 0 Å². The Hall–Kier alpha value is -2.17. The van der Waals surface area contributed by atoms with Crippen LogP contribution >= 0.6 is 23.2 Å². The number of nitrogens with one attached hydrogen (secondary N) is 1. The van der Waals surface area contributed by atoms with Crippen molar-refractivity contribution in [1.82, 2.24) is 0 Å². The van der Waals surface area contributed by atoms with Crippen molar-refractivity contribution in [3.8, 4) is 11.5 Å². The lowest BCUT2D eigenvalue weighted by Crippen LogP contribution is -2.16. The Labute approximate surface area is 143 Å². The molecule has 0 fully saturated rings. The van der Waals surface area contributed by atoms with E-state index in [0.717, 1.165) is 5.56 Å². The first-order chi connectivity index (χ1) is 11.1. The highest BCUT2D eigenvalue weighted by Gasteiger charge is 2.12. The summed E-state index contributed by atoms with van der Waals surface area (Å²) in [4.78, 5) is 12.0. The quantitative estimate of drug-likeness (QED) is 0.834. The molecule has 118 valence electrons. The van der Waals surface area contributed by atoms with Crippen LogP contribution in [0.4, 0.5) is 5.69 Å². The molecule has 0 saturated heterocycles. The number of carbonyl (C=O) groups is 1. The highest BCUT2D eigenvalue weighted by atomic mass is 35.5. The zero-order valence-corrected chi connectivity index (χ0v) is 13.5. The van der Waals surface area contributed by atoms with E-state index >= 15 is 0 Å². The standard InChI is InChI=1S/C17H13Cl2NO3/c18-13-4-1-11(9-14(13)19)2-6-17(21)20-12-3-5-15-16(10-12)23-8-7-22-15/h1-6,9-10H,7-8H2,(H,20,21). The topological polar surface area (TPSA) is 47.6 Å². The van der Waals surface area contributed by atoms with Gasteiger partial charge in [-0.05, 0) is 35.9 Å². The van der Waals surface area contributed by atoms with E-state index in [4.69, 9.17) is 32.7 Å². The van der Waals surface area contributed by atoms with Gasteiger partial charge in [-0.3, -0.25) is 4.79 Å². The second-order valence-electron chi connectivity index (χ2n) is 4.85. The summed E-state index contributed by atoms with van der Waals surface area (Å²) >= 11 is 11.8. The molecule has 4 nitrogen and oxygen atoms in total. The summed E-state index contributed by atoms with van der Waals surface area (Å²) in [6.07, 6.45) is 3.09. The monoisotopic (exact) mass is 349 g/mol. The summed E-state index contributed by atoms with van der Waals surface area (Å²) < 4.78 is 10.9. The average Bonchev–Trinajstić information content (AvgIpc) is 2.56. The molecule has 3 rings (SSSR count). The van der Waals surface area contributed by atoms with Crippen molar-refractivity contribution in [2.24, 2.45) is 0 Å². The molecule has 0 saturated carbocycles. The molecule has 6 heteroatoms. The van der Waals surface area contributed by atoms with Crippen LogP contribution in [0.2, 0.25) is 10.0 Å². The van der Waals surface area contributed by atoms with Crippen molar-refractivity contribution in [2.75, 3.05) is 18.5 Å². The number of anilines is 1. The number of hydrogen-bond donors (Lipinski definition) is 1. The number of rotatable bonds is 3. The van der Waals surface area contributed by atoms with Crippen LogP contribution in [0.25, 0.3) is 6.08 Å². The van der Waals surface area contributed by atoms with Crippen LogP contribution in [0, 0.1) is 0 Å². The second kappa shape index (κ2) is 6.94. The fraction of sp³-hybridized carbons (Fsp3) is 0.118. The number of ether oxygens (including phenoxy) is 2. The van der Waals surface area contributed by atoms with Crippen LogP contribution < -0.4 is 14.8 Å². The van der Waals surface area contributed by atoms with Crippen LogP contribution in [0.5, 0.6) is 11.5 Å². The highest BCUT2D eigenvalue weighted by Crippen LogP contribution is 2.32. The number of benzene rings is 2. The summed E-state index contributed by atoms with van der Waals surface area (Å²) in [5.41, 5.74) is 1.43. The number of hydrogen-bond acceptors (Lipinski definition) is 3. The van der Waals surface area contributed by atoms with E-state index in [0.29, 0.717) is 40.4 Å². The maximum Gasteiger partial charge on any atom is 0.248 e. The highest BCUT2D eigenvalue weighted by molar-refractivity contribution is 6.42. The fourth-order valence-electron chi connectivity index (χ4n) is 2.09. The largest absolute Gasteiger partial charge is 0.486 e. The minimum Gasteiger partial charge on any atom is -0.486 e. The Bertz CT molecular complexity index is 774. The smallest absolute Gasteiger partial charge is 0.248 e. The normalized spacial score (nSPS) is 13.1. The van der Waals surface area contributed by atoms with E-state index in [9.17, 15) is 4.79 Å². The van der Waals surface area contributed by atoms with Gasteiger partial charge in [-0.2, -0.15) is 0 Å². The Kier molecular flexibility index (Phi) is 4.74. The number of carbonyl (C=O) groups excluding carboxylic acids is 1. The molecular weight excluding hydrogens is 337 g/mol. The first kappa shape index (κ1) is 15.7. The lowest BCUT2D eigenvalue weighted by Gasteiger charge is -2.18. The van der Waals surface area contributed by atoms with Crippen LogP contribution in [-0.2, 0) is 4.79 Å². The van der Waals surface area contributed by atoms with Crippen molar-refractivity contribution in [3.63, 3.8) is 0 Å². The van der Waals surface area contributed by atoms with Crippen molar-refractivity contribution in [2.45, 2.75) is 0 Å². The van der Waals surface area contributed by atoms with E-state index in [-0.39, 0.29) is 5.91 Å². The maximum atomic E-state index is 12.0. The van der Waals surface area contributed by atoms with Crippen LogP contribution in [0.1, 0.15) is 5.56 Å². The molecule has 0 atom stereocenters. The average molecular weight is 350 g/mol. The van der Waals surface area contributed by atoms with Crippen LogP contribution in [-0.4, -0.2) is 19.1 Å². The van der Waals surface area contributed by atoms with Gasteiger partial charge in [0.1, 0.15) is 13.2 Å². The van der Waals surface area contributed by atoms with Gasteiger partial charge in [-0.1, -0.05) is 29.3 Å². The van der Waals surface area contributed by atoms with Crippen LogP contribution in [0.15, 0.2) is 42.5 Å². The van der Waals surface area contributed by atoms with E-state index in [1.807, 2.05) is 0 Å². The Balaban J connectivity index is 1.67. The first-order valence-electron chi connectivity index (χ1n) is 6.95. The zero-order valence-electron chi connectivity index (χ0n) is 12.0. The Morgan fingerprint density at radius 1 is 1.00 bits per heavy atom. The third kappa shape index (κ3) is 3.97. The van der Waals surface area contributed by atoms with E-state index < -0.39 is 0 Å². The van der Waals surface area contributed by atoms with Gasteiger partial charge in [0.05, 0.1) is 10.0 Å². The van der Waals surface area contributed by atoms with Crippen molar-refractivity contribution >= 4 is 40.9 Å². The maximum absolute atomic E-state index is 12.0. The molecule has 1 N–H and O–H groups in total. The summed E-state index contributed by atoms with van der Waals surface area (Å²) in [6.45, 7) is 1.03. The summed E-state index contributed by atoms with van der Waals surface area (Å²) in [7, 11) is 0. The minimum absolute atomic E-state index is 0.257. The zero-order chi connectivity index (χ0) is 16.2. The molecule has 0 unspecified atom stereocenters. The van der Waals surface area contributed by atoms with E-state index in [2.05, 4.69) is 5.32 Å². The molecule has 1 heterocycles. The molecule has 1 aliphatic heterocycles. The second-order valence-corrected chi connectivity index (χ2v) is 5.67. The minimum atomic E-state index is -0.257. The van der Waals surface area contributed by atoms with Gasteiger partial charge in [0.15, 0.2) is 11.5 Å². The Morgan fingerprint density at radius 2 is 1.78 bits per heavy atom. The lowest BCUT2D eigenvalue weighted by molar-refractivity contribution is -0.111. The fourth-order valence-corrected chi connectivity index (χ4v) is 2.40. The lowest BCUT2D eigenvalue weighted by atomic mass is 10.2. The molecule has 2 aromatic carbocycles. The van der Waals surface area contributed by atoms with Crippen molar-refractivity contribution in [1.29, 1.82) is 0 Å². The SMILES string of the molecule is O=C(C=Cc1ccc(Cl)c(Cl)c1)Nc1ccc2c(c1)OCCO2. The summed E-state index contributed by atoms with van der Waals surface area (Å²) in [6, 6.07) is 10.4. The number of amides is 1. The Morgan fingerprint density at radius 3 is 2.57 bits per heavy atom. The molecule has 0 spiro atoms. The van der Waals surface area contributed by atoms with Gasteiger partial charge in [-0.25, -0.2) is 0 Å². The van der Waals surface area contributed by atoms with Gasteiger partial charge in [0.2, 0.25) is 5.91 Å². The predicted molar refractivity (Wildman–Crippen MR) is 91.6 cm³/mol. The van der Waals surface area contributed by atoms with E-state index in [1.54, 1.807) is 42.5 Å². The molecular formula is C17H13Cl2NO3. The molecule has 0 bridgehead atoms. The van der Waals surface area contributed by atoms with Gasteiger partial charge >= 0.3 is 0 Å². The molecule has 0 aromatic heterocycles.